The lowest BCUT2D eigenvalue weighted by Gasteiger charge is -2.26. The largest absolute Gasteiger partial charge is 0.484 e. The molecule has 1 aliphatic carbocycles. The number of aryl methyl sites for hydroxylation is 2. The number of fused-ring (bicyclic) bond motifs is 2. The molecule has 202 valence electrons. The summed E-state index contributed by atoms with van der Waals surface area (Å²) < 4.78 is 13.9. The summed E-state index contributed by atoms with van der Waals surface area (Å²) >= 11 is 0. The zero-order chi connectivity index (χ0) is 28.0. The highest BCUT2D eigenvalue weighted by molar-refractivity contribution is 6.06. The Morgan fingerprint density at radius 1 is 1.05 bits per heavy atom. The maximum atomic E-state index is 13.5. The van der Waals surface area contributed by atoms with Gasteiger partial charge >= 0.3 is 5.97 Å². The van der Waals surface area contributed by atoms with Crippen molar-refractivity contribution in [3.05, 3.63) is 101 Å². The van der Waals surface area contributed by atoms with Gasteiger partial charge in [0.2, 0.25) is 0 Å². The second kappa shape index (κ2) is 10.00. The molecule has 0 radical (unpaired) electrons. The second-order valence-corrected chi connectivity index (χ2v) is 9.99. The molecule has 3 aromatic carbocycles. The fourth-order valence-corrected chi connectivity index (χ4v) is 5.29. The van der Waals surface area contributed by atoms with Crippen molar-refractivity contribution in [2.45, 2.75) is 39.2 Å². The molecule has 6 rings (SSSR count). The lowest BCUT2D eigenvalue weighted by atomic mass is 9.93. The molecule has 0 aliphatic heterocycles. The maximum absolute atomic E-state index is 13.5. The highest BCUT2D eigenvalue weighted by atomic mass is 16.5. The Hall–Kier alpha value is -4.92. The first-order valence-electron chi connectivity index (χ1n) is 13.1. The van der Waals surface area contributed by atoms with Gasteiger partial charge in [0.15, 0.2) is 11.5 Å². The number of hydrogen-bond acceptors (Lipinski definition) is 6. The first-order valence-corrected chi connectivity index (χ1v) is 13.1. The van der Waals surface area contributed by atoms with Crippen molar-refractivity contribution >= 4 is 28.7 Å². The van der Waals surface area contributed by atoms with Gasteiger partial charge in [-0.2, -0.15) is 5.10 Å². The lowest BCUT2D eigenvalue weighted by molar-refractivity contribution is 0.0696. The molecule has 0 spiro atoms. The van der Waals surface area contributed by atoms with E-state index in [1.165, 1.54) is 12.1 Å². The van der Waals surface area contributed by atoms with E-state index in [0.717, 1.165) is 47.4 Å². The van der Waals surface area contributed by atoms with Crippen LogP contribution in [0.15, 0.2) is 71.1 Å². The molecule has 9 nitrogen and oxygen atoms in total. The van der Waals surface area contributed by atoms with Crippen LogP contribution < -0.4 is 9.64 Å². The fraction of sp³-hybridized carbons (Fsp3) is 0.226. The number of carboxylic acid groups (broad SMARTS) is 1. The van der Waals surface area contributed by atoms with E-state index in [4.69, 9.17) is 14.3 Å². The standard InChI is InChI=1S/C31H28N4O5/c1-18-25-8-5-9-27(40-24-13-10-20(11-14-24)31(37)38)29(25)35(33-18)23-7-4-6-21(16-23)30(36)34(3)22-12-15-26-28(17-22)39-19(2)32-26/h4,6-7,10-17,27H,5,8-9H2,1-3H3,(H,37,38). The zero-order valence-electron chi connectivity index (χ0n) is 22.4. The van der Waals surface area contributed by atoms with Gasteiger partial charge in [0.1, 0.15) is 17.4 Å². The Balaban J connectivity index is 1.31. The van der Waals surface area contributed by atoms with Gasteiger partial charge in [-0.05, 0) is 80.8 Å². The van der Waals surface area contributed by atoms with Crippen molar-refractivity contribution in [3.8, 4) is 11.4 Å². The molecule has 5 aromatic rings. The number of aromatic nitrogens is 3. The number of anilines is 1. The molecular formula is C31H28N4O5. The van der Waals surface area contributed by atoms with Gasteiger partial charge in [-0.15, -0.1) is 0 Å². The van der Waals surface area contributed by atoms with Crippen molar-refractivity contribution in [1.29, 1.82) is 0 Å². The smallest absolute Gasteiger partial charge is 0.335 e. The summed E-state index contributed by atoms with van der Waals surface area (Å²) in [6.07, 6.45) is 2.38. The summed E-state index contributed by atoms with van der Waals surface area (Å²) in [4.78, 5) is 30.7. The third-order valence-electron chi connectivity index (χ3n) is 7.31. The van der Waals surface area contributed by atoms with Gasteiger partial charge < -0.3 is 19.2 Å². The van der Waals surface area contributed by atoms with Gasteiger partial charge in [-0.25, -0.2) is 14.5 Å². The van der Waals surface area contributed by atoms with Crippen LogP contribution in [0.25, 0.3) is 16.8 Å². The first-order chi connectivity index (χ1) is 19.3. The van der Waals surface area contributed by atoms with Gasteiger partial charge in [-0.3, -0.25) is 4.79 Å². The van der Waals surface area contributed by atoms with E-state index in [1.54, 1.807) is 37.1 Å². The molecule has 1 amide bonds. The van der Waals surface area contributed by atoms with E-state index < -0.39 is 5.97 Å². The van der Waals surface area contributed by atoms with Crippen LogP contribution in [0.4, 0.5) is 5.69 Å². The number of benzene rings is 3. The molecular weight excluding hydrogens is 508 g/mol. The average molecular weight is 537 g/mol. The van der Waals surface area contributed by atoms with Crippen LogP contribution in [0.5, 0.6) is 5.75 Å². The summed E-state index contributed by atoms with van der Waals surface area (Å²) in [7, 11) is 1.73. The number of aromatic carboxylic acids is 1. The van der Waals surface area contributed by atoms with Crippen molar-refractivity contribution in [3.63, 3.8) is 0 Å². The van der Waals surface area contributed by atoms with E-state index in [-0.39, 0.29) is 17.6 Å². The van der Waals surface area contributed by atoms with Crippen molar-refractivity contribution in [1.82, 2.24) is 14.8 Å². The summed E-state index contributed by atoms with van der Waals surface area (Å²) in [5, 5.41) is 14.1. The molecule has 40 heavy (non-hydrogen) atoms. The predicted molar refractivity (Wildman–Crippen MR) is 149 cm³/mol. The van der Waals surface area contributed by atoms with E-state index in [0.29, 0.717) is 28.5 Å². The minimum absolute atomic E-state index is 0.165. The Morgan fingerprint density at radius 2 is 1.85 bits per heavy atom. The number of nitrogens with zero attached hydrogens (tertiary/aromatic N) is 4. The van der Waals surface area contributed by atoms with Crippen molar-refractivity contribution in [2.24, 2.45) is 0 Å². The number of amides is 1. The summed E-state index contributed by atoms with van der Waals surface area (Å²) in [6, 6.07) is 19.4. The quantitative estimate of drug-likeness (QED) is 0.281. The Bertz CT molecular complexity index is 1750. The Morgan fingerprint density at radius 3 is 2.62 bits per heavy atom. The number of carbonyl (C=O) groups excluding carboxylic acids is 1. The van der Waals surface area contributed by atoms with E-state index in [1.807, 2.05) is 48.0 Å². The molecule has 1 N–H and O–H groups in total. The second-order valence-electron chi connectivity index (χ2n) is 9.99. The topological polar surface area (TPSA) is 111 Å². The number of carbonyl (C=O) groups is 2. The Labute approximate surface area is 230 Å². The summed E-state index contributed by atoms with van der Waals surface area (Å²) in [6.45, 7) is 3.78. The third-order valence-corrected chi connectivity index (χ3v) is 7.31. The van der Waals surface area contributed by atoms with Crippen molar-refractivity contribution < 1.29 is 23.8 Å². The molecule has 2 aromatic heterocycles. The molecule has 1 unspecified atom stereocenters. The third kappa shape index (κ3) is 4.59. The van der Waals surface area contributed by atoms with Gasteiger partial charge in [0, 0.05) is 36.9 Å². The van der Waals surface area contributed by atoms with Gasteiger partial charge in [0.05, 0.1) is 22.6 Å². The van der Waals surface area contributed by atoms with Crippen LogP contribution >= 0.6 is 0 Å². The molecule has 0 saturated heterocycles. The van der Waals surface area contributed by atoms with Crippen LogP contribution in [0.1, 0.15) is 62.5 Å². The number of rotatable bonds is 6. The summed E-state index contributed by atoms with van der Waals surface area (Å²) in [5.74, 6) is 0.0272. The number of hydrogen-bond donors (Lipinski definition) is 1. The summed E-state index contributed by atoms with van der Waals surface area (Å²) in [5.41, 5.74) is 6.60. The number of oxazole rings is 1. The van der Waals surface area contributed by atoms with Gasteiger partial charge in [-0.1, -0.05) is 6.07 Å². The Kier molecular flexibility index (Phi) is 6.34. The SMILES string of the molecule is Cc1nc2ccc(N(C)C(=O)c3cccc(-n4nc(C)c5c4C(Oc4ccc(C(=O)O)cc4)CCC5)c3)cc2o1. The first kappa shape index (κ1) is 25.4. The predicted octanol–water partition coefficient (Wildman–Crippen LogP) is 6.06. The molecule has 2 heterocycles. The molecule has 0 bridgehead atoms. The normalized spacial score (nSPS) is 14.6. The molecule has 1 atom stereocenters. The highest BCUT2D eigenvalue weighted by Gasteiger charge is 2.30. The average Bonchev–Trinajstić information content (AvgIpc) is 3.51. The van der Waals surface area contributed by atoms with Crippen LogP contribution in [-0.2, 0) is 6.42 Å². The molecule has 1 aliphatic rings. The minimum atomic E-state index is -0.978. The van der Waals surface area contributed by atoms with Gasteiger partial charge in [0.25, 0.3) is 5.91 Å². The van der Waals surface area contributed by atoms with E-state index >= 15 is 0 Å². The molecule has 9 heteroatoms. The van der Waals surface area contributed by atoms with Crippen LogP contribution in [-0.4, -0.2) is 38.8 Å². The highest BCUT2D eigenvalue weighted by Crippen LogP contribution is 2.37. The van der Waals surface area contributed by atoms with Crippen molar-refractivity contribution in [2.75, 3.05) is 11.9 Å². The molecule has 0 fully saturated rings. The maximum Gasteiger partial charge on any atom is 0.335 e. The number of ether oxygens (including phenoxy) is 1. The minimum Gasteiger partial charge on any atom is -0.484 e. The van der Waals surface area contributed by atoms with Crippen LogP contribution in [0.3, 0.4) is 0 Å². The monoisotopic (exact) mass is 536 g/mol. The lowest BCUT2D eigenvalue weighted by Crippen LogP contribution is -2.26. The van der Waals surface area contributed by atoms with Crippen LogP contribution in [0.2, 0.25) is 0 Å². The van der Waals surface area contributed by atoms with Crippen LogP contribution in [0, 0.1) is 13.8 Å². The van der Waals surface area contributed by atoms with E-state index in [9.17, 15) is 14.7 Å². The van der Waals surface area contributed by atoms with E-state index in [2.05, 4.69) is 4.98 Å². The fourth-order valence-electron chi connectivity index (χ4n) is 5.29. The molecule has 0 saturated carbocycles. The zero-order valence-corrected chi connectivity index (χ0v) is 22.4. The number of carboxylic acids is 1.